The molecule has 0 spiro atoms. The Morgan fingerprint density at radius 2 is 1.16 bits per heavy atom. The van der Waals surface area contributed by atoms with Gasteiger partial charge in [0.15, 0.2) is 0 Å². The van der Waals surface area contributed by atoms with Gasteiger partial charge in [-0.1, -0.05) is 111 Å². The number of methoxy groups -OCH3 is 1. The number of carboxylic acid groups (broad SMARTS) is 1. The minimum atomic E-state index is -0.848. The summed E-state index contributed by atoms with van der Waals surface area (Å²) >= 11 is 0. The van der Waals surface area contributed by atoms with Crippen LogP contribution < -0.4 is 15.1 Å². The summed E-state index contributed by atoms with van der Waals surface area (Å²) in [6.45, 7) is 20.7. The number of piperidine rings is 1. The van der Waals surface area contributed by atoms with Crippen molar-refractivity contribution in [1.29, 1.82) is 0 Å². The minimum Gasteiger partial charge on any atom is -0.481 e. The summed E-state index contributed by atoms with van der Waals surface area (Å²) < 4.78 is 5.16. The summed E-state index contributed by atoms with van der Waals surface area (Å²) in [6, 6.07) is 25.8. The van der Waals surface area contributed by atoms with Gasteiger partial charge in [0, 0.05) is 78.0 Å². The lowest BCUT2D eigenvalue weighted by Gasteiger charge is -2.33. The Kier molecular flexibility index (Phi) is 18.0. The number of aromatic nitrogens is 4. The Morgan fingerprint density at radius 1 is 0.657 bits per heavy atom. The van der Waals surface area contributed by atoms with Crippen molar-refractivity contribution in [2.24, 2.45) is 0 Å². The van der Waals surface area contributed by atoms with Crippen LogP contribution in [0.5, 0.6) is 0 Å². The number of hydrogen-bond donors (Lipinski definition) is 2. The largest absolute Gasteiger partial charge is 0.481 e. The number of ether oxygens (including phenoxy) is 1. The first-order chi connectivity index (χ1) is 32.3. The Labute approximate surface area is 397 Å². The van der Waals surface area contributed by atoms with E-state index >= 15 is 0 Å². The Morgan fingerprint density at radius 3 is 1.66 bits per heavy atom. The molecule has 356 valence electrons. The smallest absolute Gasteiger partial charge is 0.313 e. The molecule has 13 nitrogen and oxygen atoms in total. The maximum Gasteiger partial charge on any atom is 0.313 e. The van der Waals surface area contributed by atoms with E-state index in [0.29, 0.717) is 54.4 Å². The number of nitrogens with one attached hydrogen (secondary N) is 1. The molecule has 13 heteroatoms. The fraction of sp³-hybridized carbons (Fsp3) is 0.463. The zero-order valence-electron chi connectivity index (χ0n) is 40.8. The summed E-state index contributed by atoms with van der Waals surface area (Å²) in [5, 5.41) is 13.1. The number of rotatable bonds is 15. The summed E-state index contributed by atoms with van der Waals surface area (Å²) in [5.74, 6) is -0.764. The predicted molar refractivity (Wildman–Crippen MR) is 267 cm³/mol. The fourth-order valence-electron chi connectivity index (χ4n) is 9.17. The number of aryl methyl sites for hydroxylation is 4. The number of amides is 1. The lowest BCUT2D eigenvalue weighted by atomic mass is 9.89. The van der Waals surface area contributed by atoms with Crippen LogP contribution >= 0.6 is 0 Å². The molecule has 2 atom stereocenters. The van der Waals surface area contributed by atoms with Crippen LogP contribution in [0.3, 0.4) is 0 Å². The molecule has 2 saturated heterocycles. The van der Waals surface area contributed by atoms with E-state index < -0.39 is 11.9 Å². The molecule has 3 aromatic carbocycles. The van der Waals surface area contributed by atoms with Gasteiger partial charge in [-0.3, -0.25) is 14.4 Å². The minimum absolute atomic E-state index is 0.0530. The highest BCUT2D eigenvalue weighted by atomic mass is 16.5. The van der Waals surface area contributed by atoms with Gasteiger partial charge in [-0.15, -0.1) is 0 Å². The lowest BCUT2D eigenvalue weighted by molar-refractivity contribution is -0.142. The van der Waals surface area contributed by atoms with Crippen LogP contribution in [0.25, 0.3) is 22.5 Å². The van der Waals surface area contributed by atoms with Gasteiger partial charge in [-0.25, -0.2) is 19.9 Å². The standard InChI is InChI=1S/C29H34N4O3.C25H36N4O2/c1-4-8-24(28(35)36)25-20(3)30-29(32-26(25)21-13-11-19(2)12-14-21)33-17-15-23(16-18-33)31-27(34)22-9-6-5-7-10-22;1-6-9-21(24(30)31-5)22-19(4)26-25(29-15-8-14-28(7-2)16-17-29)27-23(22)20-12-10-18(3)11-13-20/h5-7,9-14,23-24H,4,8,15-18H2,1-3H3,(H,31,34)(H,35,36);10-13,21H,6-9,14-17H2,1-5H3. The highest BCUT2D eigenvalue weighted by molar-refractivity contribution is 5.94. The number of carbonyl (C=O) groups excluding carboxylic acids is 2. The number of esters is 1. The second-order valence-corrected chi connectivity index (χ2v) is 17.9. The molecule has 0 saturated carbocycles. The van der Waals surface area contributed by atoms with Gasteiger partial charge < -0.3 is 29.9 Å². The van der Waals surface area contributed by atoms with E-state index in [4.69, 9.17) is 24.7 Å². The van der Waals surface area contributed by atoms with Crippen LogP contribution in [0.4, 0.5) is 11.9 Å². The third-order valence-corrected chi connectivity index (χ3v) is 13.0. The average Bonchev–Trinajstić information content (AvgIpc) is 3.59. The molecule has 0 aliphatic carbocycles. The zero-order valence-corrected chi connectivity index (χ0v) is 40.8. The van der Waals surface area contributed by atoms with Crippen molar-refractivity contribution in [2.75, 3.05) is 62.7 Å². The molecule has 2 aliphatic rings. The maximum atomic E-state index is 12.7. The number of carboxylic acids is 1. The van der Waals surface area contributed by atoms with Gasteiger partial charge in [0.05, 0.1) is 30.3 Å². The van der Waals surface area contributed by atoms with Crippen LogP contribution in [0.1, 0.15) is 122 Å². The van der Waals surface area contributed by atoms with Gasteiger partial charge in [-0.2, -0.15) is 0 Å². The first-order valence-electron chi connectivity index (χ1n) is 24.1. The third-order valence-electron chi connectivity index (χ3n) is 13.0. The molecule has 2 aliphatic heterocycles. The number of likely N-dealkylation sites (N-methyl/N-ethyl adjacent to an activating group) is 1. The maximum absolute atomic E-state index is 12.7. The molecule has 67 heavy (non-hydrogen) atoms. The van der Waals surface area contributed by atoms with Crippen LogP contribution in [0.2, 0.25) is 0 Å². The zero-order chi connectivity index (χ0) is 48.0. The summed E-state index contributed by atoms with van der Waals surface area (Å²) in [7, 11) is 1.46. The second-order valence-electron chi connectivity index (χ2n) is 17.9. The fourth-order valence-corrected chi connectivity index (χ4v) is 9.17. The molecule has 2 fully saturated rings. The summed E-state index contributed by atoms with van der Waals surface area (Å²) in [4.78, 5) is 64.0. The number of anilines is 2. The van der Waals surface area contributed by atoms with Gasteiger partial charge >= 0.3 is 11.9 Å². The number of aliphatic carboxylic acids is 1. The first-order valence-corrected chi connectivity index (χ1v) is 24.1. The predicted octanol–water partition coefficient (Wildman–Crippen LogP) is 9.48. The first kappa shape index (κ1) is 50.2. The van der Waals surface area contributed by atoms with E-state index in [1.165, 1.54) is 12.7 Å². The third kappa shape index (κ3) is 12.8. The van der Waals surface area contributed by atoms with Crippen molar-refractivity contribution in [3.63, 3.8) is 0 Å². The molecule has 1 amide bonds. The van der Waals surface area contributed by atoms with Gasteiger partial charge in [-0.05, 0) is 85.0 Å². The van der Waals surface area contributed by atoms with E-state index in [0.717, 1.165) is 104 Å². The second kappa shape index (κ2) is 24.0. The molecule has 7 rings (SSSR count). The molecule has 5 aromatic rings. The van der Waals surface area contributed by atoms with Crippen molar-refractivity contribution in [3.8, 4) is 22.5 Å². The number of benzene rings is 3. The summed E-state index contributed by atoms with van der Waals surface area (Å²) in [5.41, 5.74) is 9.61. The number of carbonyl (C=O) groups is 3. The van der Waals surface area contributed by atoms with Gasteiger partial charge in [0.1, 0.15) is 0 Å². The Bertz CT molecular complexity index is 2420. The molecule has 2 unspecified atom stereocenters. The lowest BCUT2D eigenvalue weighted by Crippen LogP contribution is -2.45. The van der Waals surface area contributed by atoms with Crippen LogP contribution in [-0.2, 0) is 14.3 Å². The average molecular weight is 911 g/mol. The van der Waals surface area contributed by atoms with Crippen molar-refractivity contribution >= 4 is 29.7 Å². The number of nitrogens with zero attached hydrogens (tertiary/aromatic N) is 7. The van der Waals surface area contributed by atoms with Crippen LogP contribution in [0, 0.1) is 27.7 Å². The quantitative estimate of drug-likeness (QED) is 0.0962. The molecule has 0 radical (unpaired) electrons. The van der Waals surface area contributed by atoms with Gasteiger partial charge in [0.2, 0.25) is 11.9 Å². The van der Waals surface area contributed by atoms with E-state index in [1.807, 2.05) is 82.3 Å². The van der Waals surface area contributed by atoms with E-state index in [2.05, 4.69) is 65.1 Å². The Hall–Kier alpha value is -6.21. The monoisotopic (exact) mass is 911 g/mol. The molecule has 2 N–H and O–H groups in total. The Balaban J connectivity index is 0.000000224. The van der Waals surface area contributed by atoms with Crippen LogP contribution in [-0.4, -0.2) is 107 Å². The van der Waals surface area contributed by atoms with E-state index in [1.54, 1.807) is 0 Å². The SMILES string of the molecule is CCCC(C(=O)O)c1c(C)nc(N2CCC(NC(=O)c3ccccc3)CC2)nc1-c1ccc(C)cc1.CCCC(C(=O)OC)c1c(C)nc(N2CCCN(CC)CC2)nc1-c1ccc(C)cc1. The topological polar surface area (TPSA) is 154 Å². The van der Waals surface area contributed by atoms with Crippen molar-refractivity contribution in [2.45, 2.75) is 111 Å². The van der Waals surface area contributed by atoms with E-state index in [9.17, 15) is 19.5 Å². The molecule has 4 heterocycles. The van der Waals surface area contributed by atoms with E-state index in [-0.39, 0.29) is 23.8 Å². The number of hydrogen-bond acceptors (Lipinski definition) is 11. The molecular formula is C54H70N8O5. The highest BCUT2D eigenvalue weighted by Crippen LogP contribution is 2.37. The molecule has 0 bridgehead atoms. The highest BCUT2D eigenvalue weighted by Gasteiger charge is 2.31. The normalized spacial score (nSPS) is 15.5. The van der Waals surface area contributed by atoms with Gasteiger partial charge in [0.25, 0.3) is 5.91 Å². The molecular weight excluding hydrogens is 841 g/mol. The van der Waals surface area contributed by atoms with Crippen molar-refractivity contribution in [3.05, 3.63) is 118 Å². The van der Waals surface area contributed by atoms with Crippen molar-refractivity contribution < 1.29 is 24.2 Å². The molecule has 2 aromatic heterocycles. The van der Waals surface area contributed by atoms with Crippen LogP contribution in [0.15, 0.2) is 78.9 Å². The van der Waals surface area contributed by atoms with Crippen molar-refractivity contribution in [1.82, 2.24) is 30.2 Å². The summed E-state index contributed by atoms with van der Waals surface area (Å²) in [6.07, 6.45) is 5.56.